The van der Waals surface area contributed by atoms with Crippen LogP contribution >= 0.6 is 0 Å². The van der Waals surface area contributed by atoms with E-state index in [1.807, 2.05) is 6.33 Å². The van der Waals surface area contributed by atoms with E-state index in [2.05, 4.69) is 63.1 Å². The van der Waals surface area contributed by atoms with Gasteiger partial charge in [-0.25, -0.2) is 9.97 Å². The molecule has 9 heteroatoms. The Morgan fingerprint density at radius 1 is 1.00 bits per heavy atom. The topological polar surface area (TPSA) is 87.6 Å². The molecule has 43 heavy (non-hydrogen) atoms. The van der Waals surface area contributed by atoms with Gasteiger partial charge in [0.25, 0.3) is 0 Å². The summed E-state index contributed by atoms with van der Waals surface area (Å²) in [5, 5.41) is 7.19. The number of nitrogens with zero attached hydrogens (tertiary/aromatic N) is 5. The Kier molecular flexibility index (Phi) is 5.98. The first-order valence-corrected chi connectivity index (χ1v) is 16.7. The molecule has 3 aromatic rings. The second kappa shape index (κ2) is 9.74. The summed E-state index contributed by atoms with van der Waals surface area (Å²) in [6.45, 7) is 7.89. The summed E-state index contributed by atoms with van der Waals surface area (Å²) in [5.41, 5.74) is 5.95. The second-order valence-electron chi connectivity index (χ2n) is 14.3. The molecule has 9 nitrogen and oxygen atoms in total. The van der Waals surface area contributed by atoms with E-state index in [1.165, 1.54) is 31.2 Å². The quantitative estimate of drug-likeness (QED) is 0.440. The molecule has 2 aliphatic carbocycles. The van der Waals surface area contributed by atoms with E-state index in [9.17, 15) is 4.79 Å². The molecule has 3 saturated heterocycles. The molecule has 1 spiro atoms. The summed E-state index contributed by atoms with van der Waals surface area (Å²) in [6, 6.07) is 11.6. The highest BCUT2D eigenvalue weighted by atomic mass is 16.5. The first kappa shape index (κ1) is 26.4. The number of imidazole rings is 1. The van der Waals surface area contributed by atoms with Gasteiger partial charge >= 0.3 is 0 Å². The number of nitrogens with one attached hydrogen (secondary N) is 2. The van der Waals surface area contributed by atoms with Crippen LogP contribution in [0.3, 0.4) is 0 Å². The van der Waals surface area contributed by atoms with Crippen LogP contribution in [0, 0.1) is 0 Å². The number of carbonyl (C=O) groups is 1. The van der Waals surface area contributed by atoms with Crippen molar-refractivity contribution in [3.63, 3.8) is 0 Å². The van der Waals surface area contributed by atoms with Gasteiger partial charge in [0.05, 0.1) is 36.2 Å². The Morgan fingerprint density at radius 2 is 1.77 bits per heavy atom. The fourth-order valence-electron chi connectivity index (χ4n) is 8.84. The molecule has 6 heterocycles. The lowest BCUT2D eigenvalue weighted by atomic mass is 9.74. The summed E-state index contributed by atoms with van der Waals surface area (Å²) in [4.78, 5) is 29.5. The van der Waals surface area contributed by atoms with Crippen LogP contribution in [0.5, 0.6) is 0 Å². The third kappa shape index (κ3) is 4.03. The third-order valence-corrected chi connectivity index (χ3v) is 11.4. The van der Waals surface area contributed by atoms with Crippen molar-refractivity contribution in [3.05, 3.63) is 36.2 Å². The van der Waals surface area contributed by atoms with E-state index < -0.39 is 5.41 Å². The SMILES string of the molecule is CC(C)n1cnc2cc(-c3ccc4c(c3)N(C3CC(N5C6CC[C@H]5COC6)C3)C(=O)C43CCNCC3)nc(NC3CC3)c21. The van der Waals surface area contributed by atoms with Crippen LogP contribution in [-0.2, 0) is 14.9 Å². The van der Waals surface area contributed by atoms with E-state index in [1.54, 1.807) is 0 Å². The number of piperidine rings is 1. The molecule has 6 aliphatic rings. The molecule has 1 aromatic carbocycles. The van der Waals surface area contributed by atoms with Crippen molar-refractivity contribution in [2.45, 2.75) is 107 Å². The molecule has 0 radical (unpaired) electrons. The monoisotopic (exact) mass is 581 g/mol. The van der Waals surface area contributed by atoms with Crippen LogP contribution in [-0.4, -0.2) is 81.9 Å². The lowest BCUT2D eigenvalue weighted by molar-refractivity contribution is -0.125. The summed E-state index contributed by atoms with van der Waals surface area (Å²) in [6.07, 6.45) is 10.7. The number of pyridine rings is 1. The standard InChI is InChI=1S/C34H43N7O2/c1-20(2)39-19-36-29-16-28(38-32(31(29)39)37-22-4-5-22)21-3-8-27-30(13-21)41(33(42)34(27)9-11-35-12-10-34)26-14-25(15-26)40-23-6-7-24(40)18-43-17-23/h3,8,13,16,19-20,22-26,35H,4-7,9-12,14-15,17-18H2,1-2H3,(H,37,38)/t23-,24?,25?,26?/m0/s1. The number of rotatable bonds is 6. The van der Waals surface area contributed by atoms with Crippen LogP contribution in [0.1, 0.15) is 76.8 Å². The van der Waals surface area contributed by atoms with Gasteiger partial charge in [0.15, 0.2) is 5.82 Å². The maximum Gasteiger partial charge on any atom is 0.238 e. The van der Waals surface area contributed by atoms with E-state index in [0.29, 0.717) is 36.1 Å². The van der Waals surface area contributed by atoms with Gasteiger partial charge in [0.1, 0.15) is 5.52 Å². The summed E-state index contributed by atoms with van der Waals surface area (Å²) in [5.74, 6) is 1.25. The van der Waals surface area contributed by atoms with Crippen LogP contribution in [0.15, 0.2) is 30.6 Å². The number of carbonyl (C=O) groups excluding carboxylic acids is 1. The molecule has 2 saturated carbocycles. The number of hydrogen-bond donors (Lipinski definition) is 2. The molecule has 9 rings (SSSR count). The Bertz CT molecular complexity index is 1570. The molecular formula is C34H43N7O2. The van der Waals surface area contributed by atoms with Crippen LogP contribution in [0.2, 0.25) is 0 Å². The third-order valence-electron chi connectivity index (χ3n) is 11.4. The predicted octanol–water partition coefficient (Wildman–Crippen LogP) is 4.62. The summed E-state index contributed by atoms with van der Waals surface area (Å²) in [7, 11) is 0. The van der Waals surface area contributed by atoms with Crippen molar-refractivity contribution in [1.29, 1.82) is 0 Å². The number of aromatic nitrogens is 3. The summed E-state index contributed by atoms with van der Waals surface area (Å²) >= 11 is 0. The molecule has 1 unspecified atom stereocenters. The number of benzene rings is 1. The van der Waals surface area contributed by atoms with Gasteiger partial charge in [-0.15, -0.1) is 0 Å². The molecule has 2 N–H and O–H groups in total. The average molecular weight is 582 g/mol. The maximum absolute atomic E-state index is 14.5. The molecule has 2 bridgehead atoms. The summed E-state index contributed by atoms with van der Waals surface area (Å²) < 4.78 is 8.09. The largest absolute Gasteiger partial charge is 0.378 e. The van der Waals surface area contributed by atoms with Gasteiger partial charge in [-0.2, -0.15) is 0 Å². The number of morpholine rings is 1. The van der Waals surface area contributed by atoms with Gasteiger partial charge in [-0.3, -0.25) is 9.69 Å². The van der Waals surface area contributed by atoms with Crippen LogP contribution in [0.25, 0.3) is 22.3 Å². The van der Waals surface area contributed by atoms with E-state index in [0.717, 1.165) is 85.8 Å². The molecule has 5 fully saturated rings. The van der Waals surface area contributed by atoms with Gasteiger partial charge in [0.2, 0.25) is 5.91 Å². The highest BCUT2D eigenvalue weighted by Gasteiger charge is 2.56. The zero-order chi connectivity index (χ0) is 28.9. The van der Waals surface area contributed by atoms with E-state index in [4.69, 9.17) is 14.7 Å². The highest BCUT2D eigenvalue weighted by Crippen LogP contribution is 2.52. The number of amides is 1. The first-order valence-electron chi connectivity index (χ1n) is 16.7. The van der Waals surface area contributed by atoms with Crippen LogP contribution < -0.4 is 15.5 Å². The minimum Gasteiger partial charge on any atom is -0.378 e. The Labute approximate surface area is 253 Å². The fourth-order valence-corrected chi connectivity index (χ4v) is 8.84. The molecule has 2 aromatic heterocycles. The predicted molar refractivity (Wildman–Crippen MR) is 168 cm³/mol. The van der Waals surface area contributed by atoms with Crippen molar-refractivity contribution in [2.75, 3.05) is 36.5 Å². The Balaban J connectivity index is 1.09. The number of anilines is 2. The average Bonchev–Trinajstić information content (AvgIpc) is 3.59. The number of ether oxygens (including phenoxy) is 1. The van der Waals surface area contributed by atoms with Crippen molar-refractivity contribution < 1.29 is 9.53 Å². The van der Waals surface area contributed by atoms with Crippen molar-refractivity contribution >= 4 is 28.4 Å². The molecule has 2 atom stereocenters. The molecule has 226 valence electrons. The molecular weight excluding hydrogens is 538 g/mol. The smallest absolute Gasteiger partial charge is 0.238 e. The normalized spacial score (nSPS) is 29.9. The van der Waals surface area contributed by atoms with Gasteiger partial charge in [0, 0.05) is 47.5 Å². The van der Waals surface area contributed by atoms with Crippen LogP contribution in [0.4, 0.5) is 11.5 Å². The van der Waals surface area contributed by atoms with Crippen molar-refractivity contribution in [2.24, 2.45) is 0 Å². The van der Waals surface area contributed by atoms with Gasteiger partial charge in [-0.1, -0.05) is 12.1 Å². The number of hydrogen-bond acceptors (Lipinski definition) is 7. The second-order valence-corrected chi connectivity index (χ2v) is 14.3. The minimum absolute atomic E-state index is 0.257. The molecule has 1 amide bonds. The lowest BCUT2D eigenvalue weighted by Crippen LogP contribution is -2.61. The fraction of sp³-hybridized carbons (Fsp3) is 0.618. The minimum atomic E-state index is -0.408. The van der Waals surface area contributed by atoms with E-state index in [-0.39, 0.29) is 6.04 Å². The van der Waals surface area contributed by atoms with E-state index >= 15 is 0 Å². The van der Waals surface area contributed by atoms with Gasteiger partial charge in [-0.05, 0) is 96.0 Å². The zero-order valence-electron chi connectivity index (χ0n) is 25.4. The maximum atomic E-state index is 14.5. The first-order chi connectivity index (χ1) is 21.0. The van der Waals surface area contributed by atoms with Crippen molar-refractivity contribution in [1.82, 2.24) is 24.8 Å². The zero-order valence-corrected chi connectivity index (χ0v) is 25.4. The Morgan fingerprint density at radius 3 is 2.49 bits per heavy atom. The van der Waals surface area contributed by atoms with Crippen molar-refractivity contribution in [3.8, 4) is 11.3 Å². The number of fused-ring (bicyclic) bond motifs is 5. The highest BCUT2D eigenvalue weighted by molar-refractivity contribution is 6.09. The van der Waals surface area contributed by atoms with Gasteiger partial charge < -0.3 is 24.8 Å². The Hall–Kier alpha value is -3.01. The lowest BCUT2D eigenvalue weighted by Gasteiger charge is -2.50. The molecule has 4 aliphatic heterocycles.